The number of hydrogen-bond donors (Lipinski definition) is 3. The average Bonchev–Trinajstić information content (AvgIpc) is 2.60. The molecule has 2 rings (SSSR count). The predicted molar refractivity (Wildman–Crippen MR) is 97.7 cm³/mol. The largest absolute Gasteiger partial charge is 0.397 e. The molecule has 0 aromatic heterocycles. The molecule has 6 nitrogen and oxygen atoms in total. The minimum absolute atomic E-state index is 0.00306. The smallest absolute Gasteiger partial charge is 0.246 e. The lowest BCUT2D eigenvalue weighted by Gasteiger charge is -2.25. The van der Waals surface area contributed by atoms with E-state index in [0.717, 1.165) is 5.56 Å². The molecule has 1 aromatic carbocycles. The fourth-order valence-electron chi connectivity index (χ4n) is 1.83. The Balaban J connectivity index is 0.000000254. The summed E-state index contributed by atoms with van der Waals surface area (Å²) in [6.45, 7) is 9.59. The fourth-order valence-corrected chi connectivity index (χ4v) is 2.02. The van der Waals surface area contributed by atoms with Crippen LogP contribution in [0.1, 0.15) is 5.56 Å². The molecule has 130 valence electrons. The van der Waals surface area contributed by atoms with Crippen molar-refractivity contribution in [3.63, 3.8) is 0 Å². The Bertz CT molecular complexity index is 610. The van der Waals surface area contributed by atoms with E-state index in [1.54, 1.807) is 23.2 Å². The van der Waals surface area contributed by atoms with Crippen molar-refractivity contribution in [1.29, 1.82) is 0 Å². The van der Waals surface area contributed by atoms with Crippen molar-refractivity contribution in [3.05, 3.63) is 66.1 Å². The molecule has 0 unspecified atom stereocenters. The molecule has 0 aliphatic carbocycles. The van der Waals surface area contributed by atoms with E-state index in [0.29, 0.717) is 42.8 Å². The molecule has 1 heterocycles. The minimum Gasteiger partial charge on any atom is -0.397 e. The molecular formula is C17H23ClN4O2. The van der Waals surface area contributed by atoms with E-state index in [2.05, 4.69) is 18.5 Å². The lowest BCUT2D eigenvalue weighted by atomic mass is 10.2. The SMILES string of the molecule is C=C(N)N/C=C(\N)c1cccc(Cl)c1.C=CC(=O)N1CCOCC1. The van der Waals surface area contributed by atoms with Crippen LogP contribution in [-0.4, -0.2) is 37.1 Å². The molecule has 0 saturated carbocycles. The molecule has 0 atom stereocenters. The summed E-state index contributed by atoms with van der Waals surface area (Å²) in [4.78, 5) is 12.7. The Morgan fingerprint density at radius 1 is 1.33 bits per heavy atom. The summed E-state index contributed by atoms with van der Waals surface area (Å²) in [5.74, 6) is 0.346. The van der Waals surface area contributed by atoms with Crippen molar-refractivity contribution in [2.45, 2.75) is 0 Å². The highest BCUT2D eigenvalue weighted by atomic mass is 35.5. The maximum atomic E-state index is 10.9. The highest BCUT2D eigenvalue weighted by Crippen LogP contribution is 2.14. The molecule has 1 aliphatic heterocycles. The molecule has 0 spiro atoms. The highest BCUT2D eigenvalue weighted by molar-refractivity contribution is 6.30. The van der Waals surface area contributed by atoms with Crippen LogP contribution in [0.2, 0.25) is 5.02 Å². The van der Waals surface area contributed by atoms with Crippen LogP contribution in [0.15, 0.2) is 55.5 Å². The summed E-state index contributed by atoms with van der Waals surface area (Å²) < 4.78 is 5.07. The van der Waals surface area contributed by atoms with Gasteiger partial charge < -0.3 is 26.4 Å². The van der Waals surface area contributed by atoms with Crippen molar-refractivity contribution in [1.82, 2.24) is 10.2 Å². The molecule has 24 heavy (non-hydrogen) atoms. The van der Waals surface area contributed by atoms with Gasteiger partial charge in [0.2, 0.25) is 5.91 Å². The Labute approximate surface area is 147 Å². The summed E-state index contributed by atoms with van der Waals surface area (Å²) in [6.07, 6.45) is 2.92. The van der Waals surface area contributed by atoms with Crippen LogP contribution in [0.3, 0.4) is 0 Å². The van der Waals surface area contributed by atoms with Gasteiger partial charge in [-0.05, 0) is 18.2 Å². The van der Waals surface area contributed by atoms with E-state index >= 15 is 0 Å². The summed E-state index contributed by atoms with van der Waals surface area (Å²) in [5.41, 5.74) is 12.5. The number of amides is 1. The molecule has 5 N–H and O–H groups in total. The first kappa shape index (κ1) is 19.6. The Hall–Kier alpha value is -2.44. The zero-order valence-corrected chi connectivity index (χ0v) is 14.3. The molecular weight excluding hydrogens is 328 g/mol. The van der Waals surface area contributed by atoms with Crippen LogP contribution in [0.4, 0.5) is 0 Å². The van der Waals surface area contributed by atoms with E-state index in [1.807, 2.05) is 12.1 Å². The van der Waals surface area contributed by atoms with Crippen molar-refractivity contribution >= 4 is 23.2 Å². The van der Waals surface area contributed by atoms with Gasteiger partial charge in [0.15, 0.2) is 0 Å². The van der Waals surface area contributed by atoms with Gasteiger partial charge in [0.1, 0.15) is 0 Å². The molecule has 1 saturated heterocycles. The highest BCUT2D eigenvalue weighted by Gasteiger charge is 2.12. The number of rotatable bonds is 4. The van der Waals surface area contributed by atoms with Crippen LogP contribution in [0.5, 0.6) is 0 Å². The third kappa shape index (κ3) is 7.21. The van der Waals surface area contributed by atoms with Crippen LogP contribution < -0.4 is 16.8 Å². The van der Waals surface area contributed by atoms with Crippen LogP contribution >= 0.6 is 11.6 Å². The van der Waals surface area contributed by atoms with Crippen molar-refractivity contribution in [2.24, 2.45) is 11.5 Å². The second-order valence-electron chi connectivity index (χ2n) is 4.92. The van der Waals surface area contributed by atoms with E-state index in [9.17, 15) is 4.79 Å². The summed E-state index contributed by atoms with van der Waals surface area (Å²) in [5, 5.41) is 3.36. The molecule has 1 aromatic rings. The number of nitrogens with one attached hydrogen (secondary N) is 1. The maximum absolute atomic E-state index is 10.9. The van der Waals surface area contributed by atoms with E-state index in [1.165, 1.54) is 6.08 Å². The number of carbonyl (C=O) groups is 1. The maximum Gasteiger partial charge on any atom is 0.246 e. The van der Waals surface area contributed by atoms with Gasteiger partial charge in [-0.2, -0.15) is 0 Å². The number of nitrogens with two attached hydrogens (primary N) is 2. The molecule has 7 heteroatoms. The number of ether oxygens (including phenoxy) is 1. The quantitative estimate of drug-likeness (QED) is 0.718. The van der Waals surface area contributed by atoms with Gasteiger partial charge in [-0.25, -0.2) is 0 Å². The zero-order valence-electron chi connectivity index (χ0n) is 13.5. The average molecular weight is 351 g/mol. The molecule has 1 fully saturated rings. The summed E-state index contributed by atoms with van der Waals surface area (Å²) in [7, 11) is 0. The first-order chi connectivity index (χ1) is 11.4. The number of benzene rings is 1. The van der Waals surface area contributed by atoms with Gasteiger partial charge in [-0.3, -0.25) is 4.79 Å². The topological polar surface area (TPSA) is 93.6 Å². The normalized spacial score (nSPS) is 14.2. The number of hydrogen-bond acceptors (Lipinski definition) is 5. The fraction of sp³-hybridized carbons (Fsp3) is 0.235. The Morgan fingerprint density at radius 2 is 2.00 bits per heavy atom. The summed E-state index contributed by atoms with van der Waals surface area (Å²) in [6, 6.07) is 7.25. The van der Waals surface area contributed by atoms with Gasteiger partial charge in [0.05, 0.1) is 24.7 Å². The van der Waals surface area contributed by atoms with Gasteiger partial charge in [0.25, 0.3) is 0 Å². The molecule has 0 radical (unpaired) electrons. The lowest BCUT2D eigenvalue weighted by Crippen LogP contribution is -2.39. The minimum atomic E-state index is 0.00306. The Kier molecular flexibility index (Phi) is 8.46. The molecule has 0 bridgehead atoms. The number of carbonyl (C=O) groups excluding carboxylic acids is 1. The van der Waals surface area contributed by atoms with Gasteiger partial charge >= 0.3 is 0 Å². The number of nitrogens with zero attached hydrogens (tertiary/aromatic N) is 1. The third-order valence-corrected chi connectivity index (χ3v) is 3.30. The first-order valence-corrected chi connectivity index (χ1v) is 7.73. The van der Waals surface area contributed by atoms with Crippen LogP contribution in [0.25, 0.3) is 5.70 Å². The van der Waals surface area contributed by atoms with Gasteiger partial charge in [0, 0.05) is 29.9 Å². The lowest BCUT2D eigenvalue weighted by molar-refractivity contribution is -0.129. The zero-order chi connectivity index (χ0) is 17.9. The van der Waals surface area contributed by atoms with E-state index in [4.69, 9.17) is 27.8 Å². The van der Waals surface area contributed by atoms with Gasteiger partial charge in [-0.1, -0.05) is 36.9 Å². The standard InChI is InChI=1S/C10H12ClN3.C7H11NO2/c1-7(12)14-6-10(13)8-3-2-4-9(11)5-8;1-2-7(9)8-3-5-10-6-4-8/h2-6,14H,1,12-13H2;2H,1,3-6H2/b10-6-;. The van der Waals surface area contributed by atoms with Crippen molar-refractivity contribution in [3.8, 4) is 0 Å². The molecule has 1 amide bonds. The molecule has 1 aliphatic rings. The van der Waals surface area contributed by atoms with Crippen molar-refractivity contribution in [2.75, 3.05) is 26.3 Å². The second-order valence-corrected chi connectivity index (χ2v) is 5.36. The number of morpholine rings is 1. The first-order valence-electron chi connectivity index (χ1n) is 7.35. The summed E-state index contributed by atoms with van der Waals surface area (Å²) >= 11 is 5.81. The Morgan fingerprint density at radius 3 is 2.54 bits per heavy atom. The second kappa shape index (κ2) is 10.4. The van der Waals surface area contributed by atoms with Gasteiger partial charge in [-0.15, -0.1) is 0 Å². The van der Waals surface area contributed by atoms with E-state index < -0.39 is 0 Å². The van der Waals surface area contributed by atoms with Crippen molar-refractivity contribution < 1.29 is 9.53 Å². The predicted octanol–water partition coefficient (Wildman–Crippen LogP) is 1.65. The van der Waals surface area contributed by atoms with Crippen LogP contribution in [0, 0.1) is 0 Å². The third-order valence-electron chi connectivity index (χ3n) is 3.07. The van der Waals surface area contributed by atoms with Crippen LogP contribution in [-0.2, 0) is 9.53 Å². The monoisotopic (exact) mass is 350 g/mol. The number of halogens is 1. The van der Waals surface area contributed by atoms with E-state index in [-0.39, 0.29) is 5.91 Å².